The average Bonchev–Trinajstić information content (AvgIpc) is 2.49. The SMILES string of the molecule is O=C(Nc1ccc(Cl)cc1)N1CCCC2CCCCC21. The topological polar surface area (TPSA) is 32.3 Å². The minimum absolute atomic E-state index is 0.0453. The molecule has 3 rings (SSSR count). The zero-order valence-corrected chi connectivity index (χ0v) is 12.4. The first-order chi connectivity index (χ1) is 9.74. The van der Waals surface area contributed by atoms with Crippen molar-refractivity contribution in [3.05, 3.63) is 29.3 Å². The van der Waals surface area contributed by atoms with Crippen molar-refractivity contribution in [1.29, 1.82) is 0 Å². The Morgan fingerprint density at radius 1 is 1.10 bits per heavy atom. The summed E-state index contributed by atoms with van der Waals surface area (Å²) in [5.74, 6) is 0.716. The molecular weight excluding hydrogens is 272 g/mol. The molecule has 2 atom stereocenters. The van der Waals surface area contributed by atoms with Crippen LogP contribution in [0.5, 0.6) is 0 Å². The van der Waals surface area contributed by atoms with Crippen LogP contribution in [0.2, 0.25) is 5.02 Å². The van der Waals surface area contributed by atoms with Crippen LogP contribution in [-0.4, -0.2) is 23.5 Å². The Kier molecular flexibility index (Phi) is 4.16. The second kappa shape index (κ2) is 6.04. The van der Waals surface area contributed by atoms with Crippen LogP contribution in [0.15, 0.2) is 24.3 Å². The molecule has 1 aliphatic carbocycles. The van der Waals surface area contributed by atoms with Gasteiger partial charge in [-0.1, -0.05) is 24.4 Å². The molecule has 108 valence electrons. The van der Waals surface area contributed by atoms with Crippen LogP contribution in [0.3, 0.4) is 0 Å². The molecular formula is C16H21ClN2O. The number of hydrogen-bond acceptors (Lipinski definition) is 1. The molecule has 2 amide bonds. The van der Waals surface area contributed by atoms with Gasteiger partial charge >= 0.3 is 6.03 Å². The first-order valence-corrected chi connectivity index (χ1v) is 7.95. The smallest absolute Gasteiger partial charge is 0.321 e. The summed E-state index contributed by atoms with van der Waals surface area (Å²) in [5, 5.41) is 3.69. The zero-order valence-electron chi connectivity index (χ0n) is 11.6. The number of benzene rings is 1. The van der Waals surface area contributed by atoms with Crippen LogP contribution < -0.4 is 5.32 Å². The number of anilines is 1. The molecule has 2 fully saturated rings. The molecule has 1 aromatic rings. The van der Waals surface area contributed by atoms with E-state index in [2.05, 4.69) is 10.2 Å². The van der Waals surface area contributed by atoms with E-state index in [-0.39, 0.29) is 6.03 Å². The van der Waals surface area contributed by atoms with Gasteiger partial charge in [0, 0.05) is 23.3 Å². The summed E-state index contributed by atoms with van der Waals surface area (Å²) in [6.45, 7) is 0.889. The van der Waals surface area contributed by atoms with E-state index in [9.17, 15) is 4.79 Å². The number of carbonyl (C=O) groups is 1. The van der Waals surface area contributed by atoms with Crippen LogP contribution in [-0.2, 0) is 0 Å². The second-order valence-electron chi connectivity index (χ2n) is 5.88. The van der Waals surface area contributed by atoms with Gasteiger partial charge in [0.15, 0.2) is 0 Å². The summed E-state index contributed by atoms with van der Waals surface area (Å²) in [4.78, 5) is 14.5. The summed E-state index contributed by atoms with van der Waals surface area (Å²) in [7, 11) is 0. The van der Waals surface area contributed by atoms with E-state index in [1.807, 2.05) is 12.1 Å². The first-order valence-electron chi connectivity index (χ1n) is 7.57. The maximum atomic E-state index is 12.5. The molecule has 3 nitrogen and oxygen atoms in total. The molecule has 1 saturated carbocycles. The number of likely N-dealkylation sites (tertiary alicyclic amines) is 1. The number of urea groups is 1. The highest BCUT2D eigenvalue weighted by Crippen LogP contribution is 2.35. The largest absolute Gasteiger partial charge is 0.322 e. The van der Waals surface area contributed by atoms with E-state index in [1.165, 1.54) is 32.1 Å². The molecule has 2 unspecified atom stereocenters. The Morgan fingerprint density at radius 3 is 2.60 bits per heavy atom. The van der Waals surface area contributed by atoms with Gasteiger partial charge in [0.2, 0.25) is 0 Å². The average molecular weight is 293 g/mol. The van der Waals surface area contributed by atoms with E-state index >= 15 is 0 Å². The lowest BCUT2D eigenvalue weighted by Gasteiger charge is -2.44. The number of fused-ring (bicyclic) bond motifs is 1. The van der Waals surface area contributed by atoms with Gasteiger partial charge in [-0.15, -0.1) is 0 Å². The van der Waals surface area contributed by atoms with E-state index in [0.29, 0.717) is 17.0 Å². The highest BCUT2D eigenvalue weighted by molar-refractivity contribution is 6.30. The van der Waals surface area contributed by atoms with Gasteiger partial charge < -0.3 is 10.2 Å². The van der Waals surface area contributed by atoms with Crippen LogP contribution in [0.1, 0.15) is 38.5 Å². The lowest BCUT2D eigenvalue weighted by atomic mass is 9.78. The summed E-state index contributed by atoms with van der Waals surface area (Å²) < 4.78 is 0. The maximum Gasteiger partial charge on any atom is 0.322 e. The molecule has 0 radical (unpaired) electrons. The maximum absolute atomic E-state index is 12.5. The number of halogens is 1. The molecule has 1 N–H and O–H groups in total. The normalized spacial score (nSPS) is 25.9. The van der Waals surface area contributed by atoms with Gasteiger partial charge in [-0.25, -0.2) is 4.79 Å². The second-order valence-corrected chi connectivity index (χ2v) is 6.32. The van der Waals surface area contributed by atoms with Crippen molar-refractivity contribution >= 4 is 23.3 Å². The lowest BCUT2D eigenvalue weighted by molar-refractivity contribution is 0.0909. The van der Waals surface area contributed by atoms with Gasteiger partial charge in [0.25, 0.3) is 0 Å². The van der Waals surface area contributed by atoms with E-state index in [4.69, 9.17) is 11.6 Å². The standard InChI is InChI=1S/C16H21ClN2O/c17-13-7-9-14(10-8-13)18-16(20)19-11-3-5-12-4-1-2-6-15(12)19/h7-10,12,15H,1-6,11H2,(H,18,20). The van der Waals surface area contributed by atoms with Gasteiger partial charge in [-0.2, -0.15) is 0 Å². The predicted octanol–water partition coefficient (Wildman–Crippen LogP) is 4.53. The minimum atomic E-state index is 0.0453. The molecule has 1 aliphatic heterocycles. The van der Waals surface area contributed by atoms with Crippen LogP contribution >= 0.6 is 11.6 Å². The molecule has 2 aliphatic rings. The quantitative estimate of drug-likeness (QED) is 0.810. The number of carbonyl (C=O) groups excluding carboxylic acids is 1. The monoisotopic (exact) mass is 292 g/mol. The van der Waals surface area contributed by atoms with Crippen LogP contribution in [0, 0.1) is 5.92 Å². The first kappa shape index (κ1) is 13.7. The number of hydrogen-bond donors (Lipinski definition) is 1. The van der Waals surface area contributed by atoms with Crippen molar-refractivity contribution in [3.8, 4) is 0 Å². The van der Waals surface area contributed by atoms with Crippen molar-refractivity contribution in [3.63, 3.8) is 0 Å². The summed E-state index contributed by atoms with van der Waals surface area (Å²) >= 11 is 5.86. The Hall–Kier alpha value is -1.22. The number of amides is 2. The summed E-state index contributed by atoms with van der Waals surface area (Å²) in [5.41, 5.74) is 0.817. The van der Waals surface area contributed by atoms with E-state index < -0.39 is 0 Å². The summed E-state index contributed by atoms with van der Waals surface area (Å²) in [6.07, 6.45) is 7.46. The predicted molar refractivity (Wildman–Crippen MR) is 82.2 cm³/mol. The minimum Gasteiger partial charge on any atom is -0.321 e. The van der Waals surface area contributed by atoms with Crippen LogP contribution in [0.25, 0.3) is 0 Å². The molecule has 0 spiro atoms. The molecule has 1 heterocycles. The fourth-order valence-corrected chi connectivity index (χ4v) is 3.73. The van der Waals surface area contributed by atoms with E-state index in [0.717, 1.165) is 18.7 Å². The van der Waals surface area contributed by atoms with Crippen LogP contribution in [0.4, 0.5) is 10.5 Å². The van der Waals surface area contributed by atoms with Crippen molar-refractivity contribution in [2.24, 2.45) is 5.92 Å². The Labute approximate surface area is 125 Å². The van der Waals surface area contributed by atoms with Gasteiger partial charge in [0.05, 0.1) is 0 Å². The number of nitrogens with zero attached hydrogens (tertiary/aromatic N) is 1. The lowest BCUT2D eigenvalue weighted by Crippen LogP contribution is -2.51. The van der Waals surface area contributed by atoms with Crippen molar-refractivity contribution in [2.75, 3.05) is 11.9 Å². The van der Waals surface area contributed by atoms with E-state index in [1.54, 1.807) is 12.1 Å². The fraction of sp³-hybridized carbons (Fsp3) is 0.562. The van der Waals surface area contributed by atoms with Gasteiger partial charge in [-0.05, 0) is 55.9 Å². The van der Waals surface area contributed by atoms with Crippen molar-refractivity contribution in [1.82, 2.24) is 4.90 Å². The number of piperidine rings is 1. The van der Waals surface area contributed by atoms with Crippen molar-refractivity contribution in [2.45, 2.75) is 44.6 Å². The summed E-state index contributed by atoms with van der Waals surface area (Å²) in [6, 6.07) is 7.80. The number of nitrogens with one attached hydrogen (secondary N) is 1. The fourth-order valence-electron chi connectivity index (χ4n) is 3.61. The van der Waals surface area contributed by atoms with Gasteiger partial charge in [-0.3, -0.25) is 0 Å². The molecule has 0 bridgehead atoms. The highest BCUT2D eigenvalue weighted by Gasteiger charge is 2.35. The Balaban J connectivity index is 1.67. The molecule has 0 aromatic heterocycles. The van der Waals surface area contributed by atoms with Gasteiger partial charge in [0.1, 0.15) is 0 Å². The Bertz CT molecular complexity index is 472. The Morgan fingerprint density at radius 2 is 1.80 bits per heavy atom. The molecule has 1 saturated heterocycles. The molecule has 4 heteroatoms. The highest BCUT2D eigenvalue weighted by atomic mass is 35.5. The molecule has 20 heavy (non-hydrogen) atoms. The zero-order chi connectivity index (χ0) is 13.9. The third-order valence-corrected chi connectivity index (χ3v) is 4.85. The third kappa shape index (κ3) is 2.93. The number of rotatable bonds is 1. The third-order valence-electron chi connectivity index (χ3n) is 4.60. The van der Waals surface area contributed by atoms with Crippen molar-refractivity contribution < 1.29 is 4.79 Å². The molecule has 1 aromatic carbocycles.